The molecule has 0 atom stereocenters. The maximum atomic E-state index is 9.00. The molecule has 0 spiro atoms. The maximum Gasteiger partial charge on any atom is 2.00 e. The Bertz CT molecular complexity index is 1930. The monoisotopic (exact) mass is 637 g/mol. The molecule has 5 aromatic rings. The van der Waals surface area contributed by atoms with Crippen LogP contribution in [0.1, 0.15) is 29.7 Å². The van der Waals surface area contributed by atoms with Crippen LogP contribution >= 0.6 is 0 Å². The van der Waals surface area contributed by atoms with Gasteiger partial charge >= 0.3 is 17.1 Å². The normalized spacial score (nSPS) is 11.3. The Hall–Kier alpha value is -5.37. The minimum Gasteiger partial charge on any atom is -0.497 e. The Morgan fingerprint density at radius 1 is 0.622 bits per heavy atom. The molecule has 0 amide bonds. The van der Waals surface area contributed by atoms with Crippen LogP contribution in [-0.4, -0.2) is 45.2 Å². The molecule has 0 aliphatic carbocycles. The van der Waals surface area contributed by atoms with Gasteiger partial charge in [-0.1, -0.05) is 24.3 Å². The Labute approximate surface area is 270 Å². The summed E-state index contributed by atoms with van der Waals surface area (Å²) in [7, 11) is 3.35. The predicted octanol–water partition coefficient (Wildman–Crippen LogP) is 8.10. The number of aliphatic carboxylic acids is 1. The summed E-state index contributed by atoms with van der Waals surface area (Å²) < 4.78 is 10.8. The molecule has 0 unspecified atom stereocenters. The number of hydrogen-bond acceptors (Lipinski definition) is 5. The molecule has 5 heterocycles. The Kier molecular flexibility index (Phi) is 9.33. The molecule has 3 N–H and O–H groups in total. The molecular formula is C36H30MnN4O4+2. The van der Waals surface area contributed by atoms with E-state index >= 15 is 0 Å². The SMILES string of the molecule is CC(=O)O.COc1ccc(-c2c3nc(cc4ccc([nH]4)c(-c4ccc(OC)cc4)c4nc(cc5ccc2[nH]5)C=C4)C=C3)cc1.[Mn+2]. The molecule has 2 aromatic carbocycles. The second-order valence-electron chi connectivity index (χ2n) is 10.2. The van der Waals surface area contributed by atoms with Gasteiger partial charge in [0, 0.05) is 40.1 Å². The Balaban J connectivity index is 0.000000757. The summed E-state index contributed by atoms with van der Waals surface area (Å²) in [6.45, 7) is 1.08. The first-order valence-electron chi connectivity index (χ1n) is 14.0. The van der Waals surface area contributed by atoms with E-state index in [2.05, 4.69) is 82.8 Å². The molecule has 3 aromatic heterocycles. The number of ether oxygens (including phenoxy) is 2. The number of aromatic amines is 2. The zero-order valence-electron chi connectivity index (χ0n) is 24.8. The summed E-state index contributed by atoms with van der Waals surface area (Å²) in [5, 5.41) is 7.42. The average molecular weight is 638 g/mol. The number of benzene rings is 2. The van der Waals surface area contributed by atoms with Crippen LogP contribution in [0, 0.1) is 0 Å². The van der Waals surface area contributed by atoms with Gasteiger partial charge in [0.05, 0.1) is 37.0 Å². The van der Waals surface area contributed by atoms with E-state index in [0.717, 1.165) is 85.5 Å². The molecule has 223 valence electrons. The summed E-state index contributed by atoms with van der Waals surface area (Å²) >= 11 is 0. The minimum absolute atomic E-state index is 0. The first-order chi connectivity index (χ1) is 21.4. The number of hydrogen-bond donors (Lipinski definition) is 3. The van der Waals surface area contributed by atoms with Gasteiger partial charge in [-0.25, -0.2) is 9.97 Å². The molecule has 0 saturated carbocycles. The molecule has 2 aliphatic rings. The van der Waals surface area contributed by atoms with Crippen molar-refractivity contribution in [3.05, 3.63) is 108 Å². The van der Waals surface area contributed by atoms with Gasteiger partial charge in [0.15, 0.2) is 0 Å². The molecule has 0 saturated heterocycles. The van der Waals surface area contributed by atoms with E-state index in [1.165, 1.54) is 0 Å². The smallest absolute Gasteiger partial charge is 0.497 e. The van der Waals surface area contributed by atoms with Crippen molar-refractivity contribution in [3.8, 4) is 33.8 Å². The largest absolute Gasteiger partial charge is 2.00 e. The van der Waals surface area contributed by atoms with Crippen LogP contribution < -0.4 is 9.47 Å². The first kappa shape index (κ1) is 31.1. The van der Waals surface area contributed by atoms with Gasteiger partial charge in [0.25, 0.3) is 5.97 Å². The number of rotatable bonds is 4. The minimum atomic E-state index is -0.833. The molecule has 2 aliphatic heterocycles. The third-order valence-electron chi connectivity index (χ3n) is 7.16. The second kappa shape index (κ2) is 13.5. The van der Waals surface area contributed by atoms with Gasteiger partial charge in [-0.15, -0.1) is 0 Å². The molecule has 8 nitrogen and oxygen atoms in total. The number of H-pyrrole nitrogens is 2. The quantitative estimate of drug-likeness (QED) is 0.168. The fourth-order valence-corrected chi connectivity index (χ4v) is 5.20. The van der Waals surface area contributed by atoms with Crippen molar-refractivity contribution in [1.82, 2.24) is 19.9 Å². The van der Waals surface area contributed by atoms with E-state index < -0.39 is 5.97 Å². The van der Waals surface area contributed by atoms with E-state index in [1.807, 2.05) is 36.4 Å². The summed E-state index contributed by atoms with van der Waals surface area (Å²) in [6, 6.07) is 28.6. The third kappa shape index (κ3) is 6.91. The van der Waals surface area contributed by atoms with Gasteiger partial charge in [0.2, 0.25) is 0 Å². The van der Waals surface area contributed by atoms with Gasteiger partial charge in [0.1, 0.15) is 11.5 Å². The standard InChI is InChI=1S/C34H26N4O2.C2H4O2.Mn/c1-39-27-11-3-21(4-12-27)33-29-15-7-23(35-29)19-25-9-17-31(37-25)34(22-5-13-28(40-2)14-6-22)32-18-10-26(38-32)20-24-8-16-30(33)36-24;1-2(3)4;/h3-20,35,38H,1-2H3;1H3,(H,3,4);/q;;+2. The van der Waals surface area contributed by atoms with Crippen molar-refractivity contribution < 1.29 is 36.4 Å². The molecule has 8 bridgehead atoms. The number of nitrogens with zero attached hydrogens (tertiary/aromatic N) is 2. The zero-order valence-corrected chi connectivity index (χ0v) is 26.0. The molecule has 9 heteroatoms. The van der Waals surface area contributed by atoms with Gasteiger partial charge in [-0.3, -0.25) is 4.79 Å². The summed E-state index contributed by atoms with van der Waals surface area (Å²) in [5.74, 6) is 0.794. The van der Waals surface area contributed by atoms with Crippen LogP contribution in [0.5, 0.6) is 11.5 Å². The van der Waals surface area contributed by atoms with Crippen LogP contribution in [0.4, 0.5) is 0 Å². The van der Waals surface area contributed by atoms with E-state index in [9.17, 15) is 0 Å². The van der Waals surface area contributed by atoms with E-state index in [1.54, 1.807) is 14.2 Å². The summed E-state index contributed by atoms with van der Waals surface area (Å²) in [6.07, 6.45) is 8.23. The fraction of sp³-hybridized carbons (Fsp3) is 0.0833. The number of aromatic nitrogens is 4. The van der Waals surface area contributed by atoms with Gasteiger partial charge < -0.3 is 24.5 Å². The van der Waals surface area contributed by atoms with Gasteiger partial charge in [-0.05, 0) is 96.1 Å². The fourth-order valence-electron chi connectivity index (χ4n) is 5.20. The van der Waals surface area contributed by atoms with E-state index in [0.29, 0.717) is 0 Å². The van der Waals surface area contributed by atoms with Crippen molar-refractivity contribution in [3.63, 3.8) is 0 Å². The van der Waals surface area contributed by atoms with Crippen LogP contribution in [0.3, 0.4) is 0 Å². The summed E-state index contributed by atoms with van der Waals surface area (Å²) in [4.78, 5) is 26.2. The van der Waals surface area contributed by atoms with Crippen molar-refractivity contribution in [2.24, 2.45) is 0 Å². The number of carboxylic acid groups (broad SMARTS) is 1. The number of carboxylic acids is 1. The number of nitrogens with one attached hydrogen (secondary N) is 2. The topological polar surface area (TPSA) is 113 Å². The van der Waals surface area contributed by atoms with Crippen molar-refractivity contribution in [2.75, 3.05) is 14.2 Å². The molecular weight excluding hydrogens is 607 g/mol. The van der Waals surface area contributed by atoms with Gasteiger partial charge in [-0.2, -0.15) is 0 Å². The first-order valence-corrected chi connectivity index (χ1v) is 14.0. The van der Waals surface area contributed by atoms with Crippen LogP contribution in [-0.2, 0) is 21.9 Å². The third-order valence-corrected chi connectivity index (χ3v) is 7.16. The molecule has 0 fully saturated rings. The van der Waals surface area contributed by atoms with E-state index in [4.69, 9.17) is 29.3 Å². The molecule has 1 radical (unpaired) electrons. The number of carbonyl (C=O) groups is 1. The Morgan fingerprint density at radius 3 is 1.36 bits per heavy atom. The Morgan fingerprint density at radius 2 is 1.00 bits per heavy atom. The maximum absolute atomic E-state index is 9.00. The number of fused-ring (bicyclic) bond motifs is 8. The van der Waals surface area contributed by atoms with Crippen LogP contribution in [0.2, 0.25) is 0 Å². The van der Waals surface area contributed by atoms with Crippen molar-refractivity contribution in [1.29, 1.82) is 0 Å². The number of methoxy groups -OCH3 is 2. The van der Waals surface area contributed by atoms with Crippen molar-refractivity contribution in [2.45, 2.75) is 6.92 Å². The second-order valence-corrected chi connectivity index (χ2v) is 10.2. The molecule has 45 heavy (non-hydrogen) atoms. The van der Waals surface area contributed by atoms with E-state index in [-0.39, 0.29) is 17.1 Å². The van der Waals surface area contributed by atoms with Crippen LogP contribution in [0.25, 0.3) is 68.6 Å². The summed E-state index contributed by atoms with van der Waals surface area (Å²) in [5.41, 5.74) is 11.6. The predicted molar refractivity (Wildman–Crippen MR) is 176 cm³/mol. The zero-order chi connectivity index (χ0) is 30.6. The molecule has 7 rings (SSSR count). The van der Waals surface area contributed by atoms with Crippen LogP contribution in [0.15, 0.2) is 84.9 Å². The average Bonchev–Trinajstić information content (AvgIpc) is 3.84. The van der Waals surface area contributed by atoms with Crippen molar-refractivity contribution >= 4 is 52.3 Å².